The number of carboxylic acids is 1. The zero-order valence-electron chi connectivity index (χ0n) is 17.3. The third-order valence-corrected chi connectivity index (χ3v) is 5.14. The minimum Gasteiger partial charge on any atom is -0.478 e. The van der Waals surface area contributed by atoms with Gasteiger partial charge in [0.2, 0.25) is 0 Å². The van der Waals surface area contributed by atoms with Crippen molar-refractivity contribution >= 4 is 17.6 Å². The van der Waals surface area contributed by atoms with E-state index in [-0.39, 0.29) is 17.3 Å². The van der Waals surface area contributed by atoms with Gasteiger partial charge in [0.15, 0.2) is 0 Å². The summed E-state index contributed by atoms with van der Waals surface area (Å²) < 4.78 is 7.03. The Morgan fingerprint density at radius 3 is 2.67 bits per heavy atom. The second-order valence-electron chi connectivity index (χ2n) is 7.41. The highest BCUT2D eigenvalue weighted by atomic mass is 16.5. The van der Waals surface area contributed by atoms with Crippen molar-refractivity contribution < 1.29 is 19.4 Å². The molecule has 10 heteroatoms. The molecule has 4 aromatic rings. The van der Waals surface area contributed by atoms with Crippen molar-refractivity contribution in [1.29, 1.82) is 0 Å². The van der Waals surface area contributed by atoms with E-state index in [9.17, 15) is 14.7 Å². The monoisotopic (exact) mass is 442 g/mol. The number of hydrogen-bond acceptors (Lipinski definition) is 7. The highest BCUT2D eigenvalue weighted by molar-refractivity contribution is 6.04. The first kappa shape index (κ1) is 20.5. The zero-order chi connectivity index (χ0) is 22.8. The number of rotatable bonds is 6. The molecule has 2 N–H and O–H groups in total. The van der Waals surface area contributed by atoms with Gasteiger partial charge in [0.1, 0.15) is 11.4 Å². The largest absolute Gasteiger partial charge is 0.478 e. The van der Waals surface area contributed by atoms with Gasteiger partial charge in [-0.25, -0.2) is 9.78 Å². The summed E-state index contributed by atoms with van der Waals surface area (Å²) in [5, 5.41) is 16.7. The third kappa shape index (κ3) is 4.19. The van der Waals surface area contributed by atoms with Crippen LogP contribution in [0.5, 0.6) is 0 Å². The molecule has 1 amide bonds. The average molecular weight is 442 g/mol. The summed E-state index contributed by atoms with van der Waals surface area (Å²) in [6.07, 6.45) is 6.18. The molecule has 4 aromatic heterocycles. The zero-order valence-corrected chi connectivity index (χ0v) is 17.3. The van der Waals surface area contributed by atoms with Crippen LogP contribution in [0.1, 0.15) is 26.9 Å². The second-order valence-corrected chi connectivity index (χ2v) is 7.41. The molecule has 10 nitrogen and oxygen atoms in total. The SMILES string of the molecule is O=C(O)c1cncc(-c2cccc(C(=O)Nc3cn(C4COC4)nc3-c3ccccn3)n2)c1. The summed E-state index contributed by atoms with van der Waals surface area (Å²) in [7, 11) is 0. The van der Waals surface area contributed by atoms with Gasteiger partial charge in [-0.15, -0.1) is 0 Å². The molecule has 5 heterocycles. The lowest BCUT2D eigenvalue weighted by Crippen LogP contribution is -2.30. The summed E-state index contributed by atoms with van der Waals surface area (Å²) in [6, 6.07) is 12.0. The van der Waals surface area contributed by atoms with E-state index >= 15 is 0 Å². The minimum absolute atomic E-state index is 0.0385. The van der Waals surface area contributed by atoms with Gasteiger partial charge in [-0.2, -0.15) is 5.10 Å². The number of hydrogen-bond donors (Lipinski definition) is 2. The Morgan fingerprint density at radius 1 is 1.09 bits per heavy atom. The van der Waals surface area contributed by atoms with E-state index in [1.54, 1.807) is 35.3 Å². The molecule has 0 saturated carbocycles. The highest BCUT2D eigenvalue weighted by Gasteiger charge is 2.25. The molecule has 1 aliphatic rings. The lowest BCUT2D eigenvalue weighted by Gasteiger charge is -2.25. The second kappa shape index (κ2) is 8.60. The third-order valence-electron chi connectivity index (χ3n) is 5.14. The first-order valence-corrected chi connectivity index (χ1v) is 10.1. The Kier molecular flexibility index (Phi) is 5.33. The van der Waals surface area contributed by atoms with Gasteiger partial charge in [-0.3, -0.25) is 19.4 Å². The number of pyridine rings is 3. The normalized spacial score (nSPS) is 13.3. The fourth-order valence-electron chi connectivity index (χ4n) is 3.34. The lowest BCUT2D eigenvalue weighted by atomic mass is 10.1. The number of aromatic carboxylic acids is 1. The summed E-state index contributed by atoms with van der Waals surface area (Å²) >= 11 is 0. The number of anilines is 1. The van der Waals surface area contributed by atoms with E-state index in [2.05, 4.69) is 25.4 Å². The standard InChI is InChI=1S/C23H18N6O4/c30-22(19-6-3-5-17(26-19)14-8-15(23(31)32)10-24-9-14)27-20-11-29(16-12-33-13-16)28-21(20)18-4-1-2-7-25-18/h1-11,16H,12-13H2,(H,27,30)(H,31,32). The van der Waals surface area contributed by atoms with Crippen molar-refractivity contribution in [2.75, 3.05) is 18.5 Å². The number of nitrogens with zero attached hydrogens (tertiary/aromatic N) is 5. The fourth-order valence-corrected chi connectivity index (χ4v) is 3.34. The highest BCUT2D eigenvalue weighted by Crippen LogP contribution is 2.28. The molecule has 33 heavy (non-hydrogen) atoms. The molecule has 1 saturated heterocycles. The molecule has 0 radical (unpaired) electrons. The van der Waals surface area contributed by atoms with Gasteiger partial charge in [0, 0.05) is 30.4 Å². The van der Waals surface area contributed by atoms with Crippen molar-refractivity contribution in [1.82, 2.24) is 24.7 Å². The lowest BCUT2D eigenvalue weighted by molar-refractivity contribution is -0.0285. The number of ether oxygens (including phenoxy) is 1. The van der Waals surface area contributed by atoms with Crippen LogP contribution in [0.3, 0.4) is 0 Å². The fraction of sp³-hybridized carbons (Fsp3) is 0.130. The van der Waals surface area contributed by atoms with Crippen molar-refractivity contribution in [3.63, 3.8) is 0 Å². The Morgan fingerprint density at radius 2 is 1.94 bits per heavy atom. The average Bonchev–Trinajstić information content (AvgIpc) is 3.21. The predicted octanol–water partition coefficient (Wildman–Crippen LogP) is 2.92. The molecule has 1 fully saturated rings. The molecule has 0 aliphatic carbocycles. The maximum atomic E-state index is 13.1. The summed E-state index contributed by atoms with van der Waals surface area (Å²) in [5.41, 5.74) is 2.82. The van der Waals surface area contributed by atoms with Gasteiger partial charge in [-0.05, 0) is 30.3 Å². The van der Waals surface area contributed by atoms with Gasteiger partial charge in [-0.1, -0.05) is 12.1 Å². The van der Waals surface area contributed by atoms with Crippen LogP contribution in [0, 0.1) is 0 Å². The topological polar surface area (TPSA) is 132 Å². The molecule has 0 spiro atoms. The first-order valence-electron chi connectivity index (χ1n) is 10.1. The summed E-state index contributed by atoms with van der Waals surface area (Å²) in [6.45, 7) is 1.12. The van der Waals surface area contributed by atoms with Crippen molar-refractivity contribution in [2.45, 2.75) is 6.04 Å². The van der Waals surface area contributed by atoms with E-state index < -0.39 is 11.9 Å². The number of aromatic nitrogens is 5. The Balaban J connectivity index is 1.44. The van der Waals surface area contributed by atoms with Crippen LogP contribution < -0.4 is 5.32 Å². The molecule has 1 aliphatic heterocycles. The van der Waals surface area contributed by atoms with Crippen LogP contribution in [0.4, 0.5) is 5.69 Å². The van der Waals surface area contributed by atoms with Crippen LogP contribution in [0.2, 0.25) is 0 Å². The van der Waals surface area contributed by atoms with Crippen LogP contribution in [-0.2, 0) is 4.74 Å². The molecule has 0 bridgehead atoms. The van der Waals surface area contributed by atoms with Crippen molar-refractivity contribution in [3.8, 4) is 22.6 Å². The number of carbonyl (C=O) groups is 2. The van der Waals surface area contributed by atoms with Crippen molar-refractivity contribution in [3.05, 3.63) is 78.5 Å². The smallest absolute Gasteiger partial charge is 0.337 e. The van der Waals surface area contributed by atoms with Crippen LogP contribution >= 0.6 is 0 Å². The molecule has 0 unspecified atom stereocenters. The van der Waals surface area contributed by atoms with E-state index in [1.807, 2.05) is 18.2 Å². The van der Waals surface area contributed by atoms with E-state index in [0.29, 0.717) is 41.5 Å². The quantitative estimate of drug-likeness (QED) is 0.466. The van der Waals surface area contributed by atoms with Gasteiger partial charge >= 0.3 is 5.97 Å². The maximum Gasteiger partial charge on any atom is 0.337 e. The molecular formula is C23H18N6O4. The minimum atomic E-state index is -1.09. The van der Waals surface area contributed by atoms with Crippen molar-refractivity contribution in [2.24, 2.45) is 0 Å². The van der Waals surface area contributed by atoms with E-state index in [0.717, 1.165) is 0 Å². The maximum absolute atomic E-state index is 13.1. The van der Waals surface area contributed by atoms with Gasteiger partial charge in [0.05, 0.1) is 41.9 Å². The van der Waals surface area contributed by atoms with Gasteiger partial charge < -0.3 is 15.2 Å². The van der Waals surface area contributed by atoms with E-state index in [4.69, 9.17) is 4.74 Å². The number of carboxylic acid groups (broad SMARTS) is 1. The Bertz CT molecular complexity index is 1330. The predicted molar refractivity (Wildman–Crippen MR) is 118 cm³/mol. The van der Waals surface area contributed by atoms with E-state index in [1.165, 1.54) is 18.5 Å². The molecule has 5 rings (SSSR count). The molecule has 0 aromatic carbocycles. The van der Waals surface area contributed by atoms with Gasteiger partial charge in [0.25, 0.3) is 5.91 Å². The summed E-state index contributed by atoms with van der Waals surface area (Å²) in [4.78, 5) is 37.0. The van der Waals surface area contributed by atoms with Crippen LogP contribution in [0.25, 0.3) is 22.6 Å². The molecule has 0 atom stereocenters. The Hall–Kier alpha value is -4.44. The number of carbonyl (C=O) groups excluding carboxylic acids is 1. The first-order chi connectivity index (χ1) is 16.1. The number of nitrogens with one attached hydrogen (secondary N) is 1. The molecular weight excluding hydrogens is 424 g/mol. The number of amides is 1. The van der Waals surface area contributed by atoms with Crippen LogP contribution in [-0.4, -0.2) is 54.9 Å². The summed E-state index contributed by atoms with van der Waals surface area (Å²) in [5.74, 6) is -1.52. The molecule has 164 valence electrons. The Labute approximate surface area is 187 Å². The van der Waals surface area contributed by atoms with Crippen LogP contribution in [0.15, 0.2) is 67.3 Å².